The molecule has 13 heavy (non-hydrogen) atoms. The van der Waals surface area contributed by atoms with E-state index in [0.29, 0.717) is 13.1 Å². The lowest BCUT2D eigenvalue weighted by atomic mass is 9.88. The standard InChI is InChI=1S/C10H18FNO/c1-8(2)13-10(4-5-10)9(11)6-12(3)7-9/h8H,4-7H2,1-3H3. The van der Waals surface area contributed by atoms with Crippen molar-refractivity contribution in [3.63, 3.8) is 0 Å². The van der Waals surface area contributed by atoms with E-state index in [1.54, 1.807) is 0 Å². The predicted octanol–water partition coefficient (Wildman–Crippen LogP) is 1.60. The lowest BCUT2D eigenvalue weighted by molar-refractivity contribution is -0.161. The van der Waals surface area contributed by atoms with Crippen molar-refractivity contribution in [2.75, 3.05) is 20.1 Å². The van der Waals surface area contributed by atoms with Gasteiger partial charge in [-0.15, -0.1) is 0 Å². The minimum Gasteiger partial charge on any atom is -0.369 e. The van der Waals surface area contributed by atoms with Crippen LogP contribution in [0.5, 0.6) is 0 Å². The first-order valence-corrected chi connectivity index (χ1v) is 5.03. The highest BCUT2D eigenvalue weighted by molar-refractivity contribution is 5.18. The first-order chi connectivity index (χ1) is 5.97. The van der Waals surface area contributed by atoms with Crippen molar-refractivity contribution >= 4 is 0 Å². The van der Waals surface area contributed by atoms with Crippen molar-refractivity contribution in [1.82, 2.24) is 4.90 Å². The van der Waals surface area contributed by atoms with E-state index < -0.39 is 11.3 Å². The summed E-state index contributed by atoms with van der Waals surface area (Å²) in [5, 5.41) is 0. The average Bonchev–Trinajstić information content (AvgIpc) is 2.65. The molecule has 0 radical (unpaired) electrons. The fraction of sp³-hybridized carbons (Fsp3) is 1.00. The molecule has 0 N–H and O–H groups in total. The lowest BCUT2D eigenvalue weighted by Crippen LogP contribution is -2.65. The molecule has 2 nitrogen and oxygen atoms in total. The maximum absolute atomic E-state index is 14.2. The molecule has 1 aliphatic heterocycles. The SMILES string of the molecule is CC(C)OC1(C2(F)CN(C)C2)CC1. The Labute approximate surface area is 79.1 Å². The summed E-state index contributed by atoms with van der Waals surface area (Å²) < 4.78 is 19.9. The molecule has 1 aliphatic carbocycles. The molecule has 2 fully saturated rings. The number of hydrogen-bond acceptors (Lipinski definition) is 2. The highest BCUT2D eigenvalue weighted by Crippen LogP contribution is 2.54. The quantitative estimate of drug-likeness (QED) is 0.665. The second-order valence-electron chi connectivity index (χ2n) is 4.80. The third-order valence-corrected chi connectivity index (χ3v) is 3.02. The summed E-state index contributed by atoms with van der Waals surface area (Å²) in [4.78, 5) is 2.00. The number of nitrogens with zero attached hydrogens (tertiary/aromatic N) is 1. The van der Waals surface area contributed by atoms with Crippen LogP contribution in [0, 0.1) is 0 Å². The largest absolute Gasteiger partial charge is 0.369 e. The first kappa shape index (κ1) is 9.41. The normalized spacial score (nSPS) is 30.2. The maximum atomic E-state index is 14.2. The molecule has 0 unspecified atom stereocenters. The Morgan fingerprint density at radius 1 is 1.31 bits per heavy atom. The zero-order valence-corrected chi connectivity index (χ0v) is 8.64. The van der Waals surface area contributed by atoms with Crippen LogP contribution in [-0.2, 0) is 4.74 Å². The van der Waals surface area contributed by atoms with Gasteiger partial charge in [-0.3, -0.25) is 4.90 Å². The molecule has 76 valence electrons. The Morgan fingerprint density at radius 3 is 2.15 bits per heavy atom. The van der Waals surface area contributed by atoms with E-state index in [2.05, 4.69) is 0 Å². The van der Waals surface area contributed by atoms with Gasteiger partial charge in [0.15, 0.2) is 5.67 Å². The van der Waals surface area contributed by atoms with Gasteiger partial charge >= 0.3 is 0 Å². The second kappa shape index (κ2) is 2.67. The van der Waals surface area contributed by atoms with Crippen LogP contribution >= 0.6 is 0 Å². The Hall–Kier alpha value is -0.150. The van der Waals surface area contributed by atoms with E-state index in [1.807, 2.05) is 25.8 Å². The molecule has 2 aliphatic rings. The molecular weight excluding hydrogens is 169 g/mol. The van der Waals surface area contributed by atoms with Crippen molar-refractivity contribution in [3.8, 4) is 0 Å². The summed E-state index contributed by atoms with van der Waals surface area (Å²) in [6.07, 6.45) is 1.94. The van der Waals surface area contributed by atoms with Crippen molar-refractivity contribution in [1.29, 1.82) is 0 Å². The molecule has 0 aromatic rings. The van der Waals surface area contributed by atoms with Gasteiger partial charge < -0.3 is 4.74 Å². The number of rotatable bonds is 3. The predicted molar refractivity (Wildman–Crippen MR) is 49.5 cm³/mol. The molecule has 0 spiro atoms. The first-order valence-electron chi connectivity index (χ1n) is 5.03. The zero-order chi connectivity index (χ0) is 9.69. The van der Waals surface area contributed by atoms with Crippen LogP contribution < -0.4 is 0 Å². The molecule has 1 saturated heterocycles. The molecule has 1 heterocycles. The molecule has 0 aromatic heterocycles. The topological polar surface area (TPSA) is 12.5 Å². The van der Waals surface area contributed by atoms with Gasteiger partial charge in [-0.05, 0) is 33.7 Å². The van der Waals surface area contributed by atoms with Gasteiger partial charge in [0.1, 0.15) is 5.60 Å². The number of halogens is 1. The van der Waals surface area contributed by atoms with Crippen molar-refractivity contribution in [3.05, 3.63) is 0 Å². The summed E-state index contributed by atoms with van der Waals surface area (Å²) in [6.45, 7) is 5.04. The summed E-state index contributed by atoms with van der Waals surface area (Å²) in [6, 6.07) is 0. The lowest BCUT2D eigenvalue weighted by Gasteiger charge is -2.47. The minimum absolute atomic E-state index is 0.140. The highest BCUT2D eigenvalue weighted by Gasteiger charge is 2.66. The van der Waals surface area contributed by atoms with E-state index >= 15 is 0 Å². The Bertz CT molecular complexity index is 207. The molecule has 0 amide bonds. The molecule has 2 rings (SSSR count). The van der Waals surface area contributed by atoms with Gasteiger partial charge in [0.05, 0.1) is 6.10 Å². The van der Waals surface area contributed by atoms with Crippen LogP contribution in [0.4, 0.5) is 4.39 Å². The summed E-state index contributed by atoms with van der Waals surface area (Å²) in [7, 11) is 1.95. The number of likely N-dealkylation sites (tertiary alicyclic amines) is 1. The Balaban J connectivity index is 1.99. The summed E-state index contributed by atoms with van der Waals surface area (Å²) in [5.41, 5.74) is -1.49. The fourth-order valence-electron chi connectivity index (χ4n) is 2.33. The number of hydrogen-bond donors (Lipinski definition) is 0. The van der Waals surface area contributed by atoms with E-state index in [0.717, 1.165) is 12.8 Å². The zero-order valence-electron chi connectivity index (χ0n) is 8.64. The molecule has 1 saturated carbocycles. The van der Waals surface area contributed by atoms with Crippen LogP contribution in [0.1, 0.15) is 26.7 Å². The summed E-state index contributed by atoms with van der Waals surface area (Å²) in [5.74, 6) is 0. The van der Waals surface area contributed by atoms with Crippen LogP contribution in [0.3, 0.4) is 0 Å². The third kappa shape index (κ3) is 1.38. The summed E-state index contributed by atoms with van der Waals surface area (Å²) >= 11 is 0. The van der Waals surface area contributed by atoms with E-state index in [-0.39, 0.29) is 6.10 Å². The number of alkyl halides is 1. The van der Waals surface area contributed by atoms with Crippen LogP contribution in [0.15, 0.2) is 0 Å². The van der Waals surface area contributed by atoms with Gasteiger partial charge in [0, 0.05) is 13.1 Å². The minimum atomic E-state index is -1.06. The smallest absolute Gasteiger partial charge is 0.164 e. The highest BCUT2D eigenvalue weighted by atomic mass is 19.1. The molecule has 3 heteroatoms. The molecule has 0 aromatic carbocycles. The second-order valence-corrected chi connectivity index (χ2v) is 4.80. The molecular formula is C10H18FNO. The van der Waals surface area contributed by atoms with Gasteiger partial charge in [0.25, 0.3) is 0 Å². The third-order valence-electron chi connectivity index (χ3n) is 3.02. The Kier molecular flexibility index (Phi) is 1.93. The van der Waals surface area contributed by atoms with Gasteiger partial charge in [0.2, 0.25) is 0 Å². The van der Waals surface area contributed by atoms with Crippen molar-refractivity contribution in [2.45, 2.75) is 44.1 Å². The van der Waals surface area contributed by atoms with Gasteiger partial charge in [-0.1, -0.05) is 0 Å². The molecule has 0 bridgehead atoms. The average molecular weight is 187 g/mol. The van der Waals surface area contributed by atoms with Crippen molar-refractivity contribution in [2.24, 2.45) is 0 Å². The van der Waals surface area contributed by atoms with E-state index in [9.17, 15) is 4.39 Å². The Morgan fingerprint density at radius 2 is 1.85 bits per heavy atom. The maximum Gasteiger partial charge on any atom is 0.164 e. The van der Waals surface area contributed by atoms with E-state index in [4.69, 9.17) is 4.74 Å². The number of ether oxygens (including phenoxy) is 1. The van der Waals surface area contributed by atoms with Crippen LogP contribution in [0.2, 0.25) is 0 Å². The fourth-order valence-corrected chi connectivity index (χ4v) is 2.33. The van der Waals surface area contributed by atoms with Crippen molar-refractivity contribution < 1.29 is 9.13 Å². The van der Waals surface area contributed by atoms with Crippen LogP contribution in [-0.4, -0.2) is 42.4 Å². The van der Waals surface area contributed by atoms with Gasteiger partial charge in [-0.2, -0.15) is 0 Å². The van der Waals surface area contributed by atoms with Crippen LogP contribution in [0.25, 0.3) is 0 Å². The van der Waals surface area contributed by atoms with E-state index in [1.165, 1.54) is 0 Å². The molecule has 0 atom stereocenters. The monoisotopic (exact) mass is 187 g/mol. The van der Waals surface area contributed by atoms with Gasteiger partial charge in [-0.25, -0.2) is 4.39 Å².